The number of para-hydroxylation sites is 1. The van der Waals surface area contributed by atoms with Crippen molar-refractivity contribution in [3.05, 3.63) is 47.8 Å². The van der Waals surface area contributed by atoms with Crippen LogP contribution in [0.3, 0.4) is 0 Å². The normalized spacial score (nSPS) is 20.4. The molecule has 2 aromatic rings. The van der Waals surface area contributed by atoms with E-state index in [-0.39, 0.29) is 0 Å². The summed E-state index contributed by atoms with van der Waals surface area (Å²) in [5, 5.41) is 7.81. The molecule has 1 unspecified atom stereocenters. The van der Waals surface area contributed by atoms with Crippen LogP contribution in [0, 0.1) is 0 Å². The average Bonchev–Trinajstić information content (AvgIpc) is 3.48. The summed E-state index contributed by atoms with van der Waals surface area (Å²) in [6, 6.07) is 8.36. The Kier molecular flexibility index (Phi) is 6.37. The van der Waals surface area contributed by atoms with E-state index >= 15 is 0 Å². The molecular weight excluding hydrogens is 362 g/mol. The summed E-state index contributed by atoms with van der Waals surface area (Å²) in [4.78, 5) is 7.34. The number of aliphatic imine (C=N–C) groups is 1. The number of likely N-dealkylation sites (tertiary alicyclic amines) is 1. The topological polar surface area (TPSA) is 54.7 Å². The number of aryl methyl sites for hydroxylation is 1. The van der Waals surface area contributed by atoms with Crippen LogP contribution in [0.15, 0.2) is 41.7 Å². The monoisotopic (exact) mass is 395 g/mol. The Balaban J connectivity index is 1.44. The van der Waals surface area contributed by atoms with Gasteiger partial charge >= 0.3 is 0 Å². The summed E-state index contributed by atoms with van der Waals surface area (Å²) < 4.78 is 8.18. The number of rotatable bonds is 6. The fourth-order valence-corrected chi connectivity index (χ4v) is 4.40. The van der Waals surface area contributed by atoms with Gasteiger partial charge < -0.3 is 15.0 Å². The number of nitrogens with zero attached hydrogens (tertiary/aromatic N) is 4. The lowest BCUT2D eigenvalue weighted by Crippen LogP contribution is -2.40. The first kappa shape index (κ1) is 19.8. The molecule has 156 valence electrons. The summed E-state index contributed by atoms with van der Waals surface area (Å²) in [6.07, 6.45) is 10.5. The first-order valence-electron chi connectivity index (χ1n) is 11.0. The minimum absolute atomic E-state index is 0.368. The highest BCUT2D eigenvalue weighted by atomic mass is 16.5. The van der Waals surface area contributed by atoms with E-state index < -0.39 is 0 Å². The van der Waals surface area contributed by atoms with Crippen molar-refractivity contribution in [2.75, 3.05) is 19.6 Å². The van der Waals surface area contributed by atoms with E-state index in [1.807, 2.05) is 17.9 Å². The molecule has 1 aliphatic carbocycles. The quantitative estimate of drug-likeness (QED) is 0.599. The lowest BCUT2D eigenvalue weighted by molar-refractivity contribution is 0.208. The third-order valence-corrected chi connectivity index (χ3v) is 5.99. The molecule has 2 fully saturated rings. The fourth-order valence-electron chi connectivity index (χ4n) is 4.40. The van der Waals surface area contributed by atoms with E-state index in [4.69, 9.17) is 9.73 Å². The van der Waals surface area contributed by atoms with Crippen molar-refractivity contribution in [2.45, 2.75) is 57.6 Å². The van der Waals surface area contributed by atoms with Crippen molar-refractivity contribution in [1.29, 1.82) is 0 Å². The highest BCUT2D eigenvalue weighted by molar-refractivity contribution is 5.80. The van der Waals surface area contributed by atoms with Gasteiger partial charge in [0.15, 0.2) is 5.96 Å². The second-order valence-electron chi connectivity index (χ2n) is 8.18. The summed E-state index contributed by atoms with van der Waals surface area (Å²) >= 11 is 0. The molecule has 2 heterocycles. The van der Waals surface area contributed by atoms with Crippen molar-refractivity contribution in [1.82, 2.24) is 20.0 Å². The Morgan fingerprint density at radius 1 is 1.24 bits per heavy atom. The van der Waals surface area contributed by atoms with E-state index in [0.717, 1.165) is 43.3 Å². The van der Waals surface area contributed by atoms with Crippen LogP contribution in [-0.4, -0.2) is 46.4 Å². The lowest BCUT2D eigenvalue weighted by atomic mass is 10.0. The third-order valence-electron chi connectivity index (χ3n) is 5.99. The maximum absolute atomic E-state index is 6.29. The molecule has 1 N–H and O–H groups in total. The van der Waals surface area contributed by atoms with Gasteiger partial charge in [0.1, 0.15) is 5.75 Å². The fraction of sp³-hybridized carbons (Fsp3) is 0.565. The van der Waals surface area contributed by atoms with Crippen LogP contribution in [0.2, 0.25) is 0 Å². The van der Waals surface area contributed by atoms with Crippen LogP contribution in [0.1, 0.15) is 56.1 Å². The van der Waals surface area contributed by atoms with Crippen molar-refractivity contribution in [3.8, 4) is 5.75 Å². The highest BCUT2D eigenvalue weighted by Crippen LogP contribution is 2.28. The van der Waals surface area contributed by atoms with Gasteiger partial charge in [-0.15, -0.1) is 0 Å². The van der Waals surface area contributed by atoms with E-state index in [1.54, 1.807) is 0 Å². The standard InChI is InChI=1S/C23H33N5O/c1-3-24-23(28-13-12-19(17-28)20-15-26-27(2)16-20)25-14-18-8-4-7-11-22(18)29-21-9-5-6-10-21/h4,7-8,11,15-16,19,21H,3,5-6,9-10,12-14,17H2,1-2H3,(H,24,25). The summed E-state index contributed by atoms with van der Waals surface area (Å²) in [5.74, 6) is 2.51. The first-order chi connectivity index (χ1) is 14.2. The molecule has 0 amide bonds. The van der Waals surface area contributed by atoms with Gasteiger partial charge in [-0.3, -0.25) is 4.68 Å². The van der Waals surface area contributed by atoms with Gasteiger partial charge in [-0.2, -0.15) is 5.10 Å². The third kappa shape index (κ3) is 4.92. The molecule has 1 atom stereocenters. The lowest BCUT2D eigenvalue weighted by Gasteiger charge is -2.22. The number of nitrogens with one attached hydrogen (secondary N) is 1. The van der Waals surface area contributed by atoms with Crippen molar-refractivity contribution < 1.29 is 4.74 Å². The van der Waals surface area contributed by atoms with Crippen LogP contribution < -0.4 is 10.1 Å². The molecular formula is C23H33N5O. The zero-order valence-corrected chi connectivity index (χ0v) is 17.7. The number of hydrogen-bond acceptors (Lipinski definition) is 3. The minimum Gasteiger partial charge on any atom is -0.490 e. The molecule has 6 heteroatoms. The molecule has 2 aliphatic rings. The van der Waals surface area contributed by atoms with E-state index in [0.29, 0.717) is 18.6 Å². The molecule has 1 saturated heterocycles. The average molecular weight is 396 g/mol. The van der Waals surface area contributed by atoms with E-state index in [2.05, 4.69) is 52.7 Å². The number of ether oxygens (including phenoxy) is 1. The Bertz CT molecular complexity index is 824. The van der Waals surface area contributed by atoms with Crippen LogP contribution >= 0.6 is 0 Å². The molecule has 1 aliphatic heterocycles. The smallest absolute Gasteiger partial charge is 0.194 e. The second kappa shape index (κ2) is 9.33. The van der Waals surface area contributed by atoms with Crippen molar-refractivity contribution in [2.24, 2.45) is 12.0 Å². The predicted octanol–water partition coefficient (Wildman–Crippen LogP) is 3.70. The maximum Gasteiger partial charge on any atom is 0.194 e. The Labute approximate surface area is 174 Å². The minimum atomic E-state index is 0.368. The van der Waals surface area contributed by atoms with Crippen LogP contribution in [0.25, 0.3) is 0 Å². The first-order valence-corrected chi connectivity index (χ1v) is 11.0. The molecule has 29 heavy (non-hydrogen) atoms. The largest absolute Gasteiger partial charge is 0.490 e. The molecule has 1 saturated carbocycles. The Hall–Kier alpha value is -2.50. The number of aromatic nitrogens is 2. The number of guanidine groups is 1. The summed E-state index contributed by atoms with van der Waals surface area (Å²) in [7, 11) is 1.98. The van der Waals surface area contributed by atoms with E-state index in [1.165, 1.54) is 31.2 Å². The van der Waals surface area contributed by atoms with Crippen LogP contribution in [-0.2, 0) is 13.6 Å². The van der Waals surface area contributed by atoms with Gasteiger partial charge in [0, 0.05) is 44.4 Å². The molecule has 1 aromatic heterocycles. The van der Waals surface area contributed by atoms with Gasteiger partial charge in [-0.05, 0) is 50.7 Å². The van der Waals surface area contributed by atoms with Gasteiger partial charge in [0.05, 0.1) is 18.8 Å². The van der Waals surface area contributed by atoms with Crippen LogP contribution in [0.4, 0.5) is 0 Å². The van der Waals surface area contributed by atoms with Crippen molar-refractivity contribution in [3.63, 3.8) is 0 Å². The van der Waals surface area contributed by atoms with Crippen LogP contribution in [0.5, 0.6) is 5.75 Å². The maximum atomic E-state index is 6.29. The predicted molar refractivity (Wildman–Crippen MR) is 116 cm³/mol. The summed E-state index contributed by atoms with van der Waals surface area (Å²) in [5.41, 5.74) is 2.49. The second-order valence-corrected chi connectivity index (χ2v) is 8.18. The van der Waals surface area contributed by atoms with E-state index in [9.17, 15) is 0 Å². The zero-order chi connectivity index (χ0) is 20.1. The Morgan fingerprint density at radius 2 is 2.07 bits per heavy atom. The molecule has 1 aromatic carbocycles. The SMILES string of the molecule is CCNC(=NCc1ccccc1OC1CCCC1)N1CCC(c2cnn(C)c2)C1. The molecule has 6 nitrogen and oxygen atoms in total. The summed E-state index contributed by atoms with van der Waals surface area (Å²) in [6.45, 7) is 5.64. The van der Waals surface area contributed by atoms with Gasteiger partial charge in [0.2, 0.25) is 0 Å². The van der Waals surface area contributed by atoms with Gasteiger partial charge in [0.25, 0.3) is 0 Å². The van der Waals surface area contributed by atoms with Gasteiger partial charge in [-0.1, -0.05) is 18.2 Å². The molecule has 0 spiro atoms. The Morgan fingerprint density at radius 3 is 2.83 bits per heavy atom. The van der Waals surface area contributed by atoms with Gasteiger partial charge in [-0.25, -0.2) is 4.99 Å². The van der Waals surface area contributed by atoms with Crippen molar-refractivity contribution >= 4 is 5.96 Å². The molecule has 4 rings (SSSR count). The highest BCUT2D eigenvalue weighted by Gasteiger charge is 2.27. The zero-order valence-electron chi connectivity index (χ0n) is 17.7. The molecule has 0 bridgehead atoms. The number of benzene rings is 1. The molecule has 0 radical (unpaired) electrons. The number of hydrogen-bond donors (Lipinski definition) is 1.